The van der Waals surface area contributed by atoms with Crippen LogP contribution in [0.25, 0.3) is 0 Å². The summed E-state index contributed by atoms with van der Waals surface area (Å²) in [6, 6.07) is 8.19. The van der Waals surface area contributed by atoms with Crippen molar-refractivity contribution in [3.8, 4) is 0 Å². The highest BCUT2D eigenvalue weighted by molar-refractivity contribution is 5.94. The Morgan fingerprint density at radius 2 is 1.46 bits per heavy atom. The smallest absolute Gasteiger partial charge is 0.122 e. The van der Waals surface area contributed by atoms with Crippen molar-refractivity contribution in [3.05, 3.63) is 35.4 Å². The van der Waals surface area contributed by atoms with Gasteiger partial charge in [-0.15, -0.1) is 0 Å². The number of nitrogens with two attached hydrogens (primary N) is 1. The Hall–Kier alpha value is -1.31. The fourth-order valence-corrected chi connectivity index (χ4v) is 4.10. The number of benzene rings is 1. The summed E-state index contributed by atoms with van der Waals surface area (Å²) in [5.74, 6) is 2.19. The molecule has 1 aromatic rings. The summed E-state index contributed by atoms with van der Waals surface area (Å²) in [7, 11) is 0. The lowest BCUT2D eigenvalue weighted by molar-refractivity contribution is 0.245. The maximum atomic E-state index is 7.43. The van der Waals surface area contributed by atoms with Crippen LogP contribution in [0.5, 0.6) is 0 Å². The van der Waals surface area contributed by atoms with Gasteiger partial charge in [0.25, 0.3) is 0 Å². The second kappa shape index (κ2) is 10.5. The molecule has 134 valence electrons. The number of aryl methyl sites for hydroxylation is 1. The Labute approximate surface area is 148 Å². The van der Waals surface area contributed by atoms with E-state index >= 15 is 0 Å². The highest BCUT2D eigenvalue weighted by atomic mass is 14.7. The lowest BCUT2D eigenvalue weighted by atomic mass is 9.78. The first-order valence-electron chi connectivity index (χ1n) is 10.1. The SMILES string of the molecule is CCCCCC1CCC(CCCCc2ccc(C(=N)N)cc2)CC1. The van der Waals surface area contributed by atoms with Gasteiger partial charge < -0.3 is 5.73 Å². The Morgan fingerprint density at radius 1 is 0.917 bits per heavy atom. The summed E-state index contributed by atoms with van der Waals surface area (Å²) in [5, 5.41) is 7.43. The molecule has 1 fully saturated rings. The Kier molecular flexibility index (Phi) is 8.35. The molecule has 0 aromatic heterocycles. The van der Waals surface area contributed by atoms with Gasteiger partial charge in [-0.25, -0.2) is 0 Å². The highest BCUT2D eigenvalue weighted by Crippen LogP contribution is 2.34. The van der Waals surface area contributed by atoms with Crippen molar-refractivity contribution in [3.63, 3.8) is 0 Å². The number of nitrogen functional groups attached to an aromatic ring is 1. The second-order valence-corrected chi connectivity index (χ2v) is 7.74. The van der Waals surface area contributed by atoms with Crippen molar-refractivity contribution >= 4 is 5.84 Å². The number of unbranched alkanes of at least 4 members (excludes halogenated alkanes) is 3. The molecule has 0 amide bonds. The molecule has 2 heteroatoms. The number of rotatable bonds is 10. The maximum Gasteiger partial charge on any atom is 0.122 e. The average molecular weight is 329 g/mol. The second-order valence-electron chi connectivity index (χ2n) is 7.74. The van der Waals surface area contributed by atoms with E-state index in [1.54, 1.807) is 0 Å². The molecule has 0 spiro atoms. The lowest BCUT2D eigenvalue weighted by Gasteiger charge is -2.28. The van der Waals surface area contributed by atoms with Crippen molar-refractivity contribution in [1.82, 2.24) is 0 Å². The first-order chi connectivity index (χ1) is 11.7. The molecule has 0 aliphatic heterocycles. The Balaban J connectivity index is 1.56. The summed E-state index contributed by atoms with van der Waals surface area (Å²) >= 11 is 0. The standard InChI is InChI=1S/C22H36N2/c1-2-3-4-7-18-10-12-19(13-11-18)8-5-6-9-20-14-16-21(17-15-20)22(23)24/h14-19H,2-13H2,1H3,(H3,23,24). The monoisotopic (exact) mass is 328 g/mol. The van der Waals surface area contributed by atoms with Crippen LogP contribution in [0, 0.1) is 17.2 Å². The highest BCUT2D eigenvalue weighted by Gasteiger charge is 2.20. The normalized spacial score (nSPS) is 20.9. The largest absolute Gasteiger partial charge is 0.384 e. The van der Waals surface area contributed by atoms with Gasteiger partial charge in [-0.05, 0) is 30.2 Å². The number of hydrogen-bond donors (Lipinski definition) is 2. The molecule has 1 aliphatic carbocycles. The molecule has 0 saturated heterocycles. The van der Waals surface area contributed by atoms with Gasteiger partial charge in [0.1, 0.15) is 5.84 Å². The van der Waals surface area contributed by atoms with Gasteiger partial charge in [-0.2, -0.15) is 0 Å². The molecule has 0 unspecified atom stereocenters. The number of amidine groups is 1. The fraction of sp³-hybridized carbons (Fsp3) is 0.682. The van der Waals surface area contributed by atoms with Gasteiger partial charge in [-0.3, -0.25) is 5.41 Å². The van der Waals surface area contributed by atoms with Crippen molar-refractivity contribution in [2.75, 3.05) is 0 Å². The zero-order chi connectivity index (χ0) is 17.2. The van der Waals surface area contributed by atoms with Crippen LogP contribution in [0.15, 0.2) is 24.3 Å². The number of hydrogen-bond acceptors (Lipinski definition) is 1. The van der Waals surface area contributed by atoms with Crippen molar-refractivity contribution in [2.24, 2.45) is 17.6 Å². The molecule has 1 saturated carbocycles. The van der Waals surface area contributed by atoms with E-state index in [0.29, 0.717) is 0 Å². The molecule has 0 bridgehead atoms. The summed E-state index contributed by atoms with van der Waals surface area (Å²) in [6.45, 7) is 2.30. The van der Waals surface area contributed by atoms with Crippen LogP contribution in [-0.4, -0.2) is 5.84 Å². The summed E-state index contributed by atoms with van der Waals surface area (Å²) in [6.07, 6.45) is 16.9. The third-order valence-electron chi connectivity index (χ3n) is 5.78. The summed E-state index contributed by atoms with van der Waals surface area (Å²) in [5.41, 5.74) is 7.70. The van der Waals surface area contributed by atoms with Crippen molar-refractivity contribution in [1.29, 1.82) is 5.41 Å². The first kappa shape index (κ1) is 19.0. The van der Waals surface area contributed by atoms with Crippen LogP contribution in [0.4, 0.5) is 0 Å². The predicted octanol–water partition coefficient (Wildman–Crippen LogP) is 6.07. The van der Waals surface area contributed by atoms with Crippen molar-refractivity contribution < 1.29 is 0 Å². The van der Waals surface area contributed by atoms with Crippen LogP contribution in [0.1, 0.15) is 88.7 Å². The fourth-order valence-electron chi connectivity index (χ4n) is 4.10. The van der Waals surface area contributed by atoms with E-state index in [1.165, 1.54) is 76.2 Å². The molecular formula is C22H36N2. The minimum atomic E-state index is 0.159. The topological polar surface area (TPSA) is 49.9 Å². The molecule has 3 N–H and O–H groups in total. The third-order valence-corrected chi connectivity index (χ3v) is 5.78. The van der Waals surface area contributed by atoms with Gasteiger partial charge in [0.15, 0.2) is 0 Å². The first-order valence-corrected chi connectivity index (χ1v) is 10.1. The third kappa shape index (κ3) is 6.67. The zero-order valence-corrected chi connectivity index (χ0v) is 15.5. The molecule has 0 radical (unpaired) electrons. The number of nitrogens with one attached hydrogen (secondary N) is 1. The molecule has 0 atom stereocenters. The molecule has 0 heterocycles. The van der Waals surface area contributed by atoms with Gasteiger partial charge in [0, 0.05) is 5.56 Å². The predicted molar refractivity (Wildman–Crippen MR) is 105 cm³/mol. The van der Waals surface area contributed by atoms with Crippen LogP contribution in [0.2, 0.25) is 0 Å². The van der Waals surface area contributed by atoms with Gasteiger partial charge >= 0.3 is 0 Å². The van der Waals surface area contributed by atoms with Crippen LogP contribution in [0.3, 0.4) is 0 Å². The van der Waals surface area contributed by atoms with Crippen molar-refractivity contribution in [2.45, 2.75) is 84.0 Å². The Morgan fingerprint density at radius 3 is 1.96 bits per heavy atom. The van der Waals surface area contributed by atoms with E-state index in [1.807, 2.05) is 12.1 Å². The summed E-state index contributed by atoms with van der Waals surface area (Å²) in [4.78, 5) is 0. The lowest BCUT2D eigenvalue weighted by Crippen LogP contribution is -2.14. The van der Waals surface area contributed by atoms with E-state index < -0.39 is 0 Å². The molecule has 1 aliphatic rings. The van der Waals surface area contributed by atoms with E-state index in [0.717, 1.165) is 23.8 Å². The van der Waals surface area contributed by atoms with Crippen LogP contribution < -0.4 is 5.73 Å². The van der Waals surface area contributed by atoms with E-state index in [9.17, 15) is 0 Å². The average Bonchev–Trinajstić information content (AvgIpc) is 2.60. The molecule has 1 aromatic carbocycles. The van der Waals surface area contributed by atoms with Crippen LogP contribution >= 0.6 is 0 Å². The minimum Gasteiger partial charge on any atom is -0.384 e. The molecule has 24 heavy (non-hydrogen) atoms. The molecule has 2 nitrogen and oxygen atoms in total. The zero-order valence-electron chi connectivity index (χ0n) is 15.5. The van der Waals surface area contributed by atoms with Gasteiger partial charge in [0.05, 0.1) is 0 Å². The van der Waals surface area contributed by atoms with Crippen LogP contribution in [-0.2, 0) is 6.42 Å². The van der Waals surface area contributed by atoms with E-state index in [2.05, 4.69) is 19.1 Å². The minimum absolute atomic E-state index is 0.159. The molecular weight excluding hydrogens is 292 g/mol. The quantitative estimate of drug-likeness (QED) is 0.305. The Bertz CT molecular complexity index is 469. The summed E-state index contributed by atoms with van der Waals surface area (Å²) < 4.78 is 0. The van der Waals surface area contributed by atoms with E-state index in [-0.39, 0.29) is 5.84 Å². The van der Waals surface area contributed by atoms with Gasteiger partial charge in [0.2, 0.25) is 0 Å². The maximum absolute atomic E-state index is 7.43. The molecule has 2 rings (SSSR count). The van der Waals surface area contributed by atoms with E-state index in [4.69, 9.17) is 11.1 Å². The van der Waals surface area contributed by atoms with Gasteiger partial charge in [-0.1, -0.05) is 95.4 Å².